The van der Waals surface area contributed by atoms with Gasteiger partial charge in [0, 0.05) is 13.1 Å². The van der Waals surface area contributed by atoms with Crippen LogP contribution >= 0.6 is 11.6 Å². The SMILES string of the molecule is O=C1CN(c2cc3c(cc2Cl)C(=O)C(=O)N3)CCCN1. The van der Waals surface area contributed by atoms with Crippen LogP contribution in [-0.2, 0) is 9.59 Å². The van der Waals surface area contributed by atoms with Crippen LogP contribution in [0.4, 0.5) is 11.4 Å². The summed E-state index contributed by atoms with van der Waals surface area (Å²) in [5.41, 5.74) is 1.38. The molecule has 6 nitrogen and oxygen atoms in total. The molecule has 2 heterocycles. The van der Waals surface area contributed by atoms with Crippen molar-refractivity contribution in [2.45, 2.75) is 6.42 Å². The van der Waals surface area contributed by atoms with Gasteiger partial charge in [-0.2, -0.15) is 0 Å². The highest BCUT2D eigenvalue weighted by molar-refractivity contribution is 6.52. The molecular weight excluding hydrogens is 282 g/mol. The van der Waals surface area contributed by atoms with Crippen molar-refractivity contribution in [1.82, 2.24) is 5.32 Å². The number of carbonyl (C=O) groups excluding carboxylic acids is 3. The molecule has 104 valence electrons. The average molecular weight is 294 g/mol. The zero-order valence-corrected chi connectivity index (χ0v) is 11.3. The fraction of sp³-hybridized carbons (Fsp3) is 0.308. The second-order valence-electron chi connectivity index (χ2n) is 4.76. The van der Waals surface area contributed by atoms with E-state index in [9.17, 15) is 14.4 Å². The molecule has 0 atom stereocenters. The molecule has 20 heavy (non-hydrogen) atoms. The van der Waals surface area contributed by atoms with E-state index in [4.69, 9.17) is 11.6 Å². The first-order valence-electron chi connectivity index (χ1n) is 6.27. The molecule has 2 N–H and O–H groups in total. The Kier molecular flexibility index (Phi) is 3.10. The predicted molar refractivity (Wildman–Crippen MR) is 74.3 cm³/mol. The van der Waals surface area contributed by atoms with Crippen LogP contribution in [0, 0.1) is 0 Å². The normalized spacial score (nSPS) is 18.4. The van der Waals surface area contributed by atoms with E-state index in [0.717, 1.165) is 6.42 Å². The van der Waals surface area contributed by atoms with Crippen LogP contribution in [0.5, 0.6) is 0 Å². The first-order chi connectivity index (χ1) is 9.56. The van der Waals surface area contributed by atoms with Gasteiger partial charge in [0.1, 0.15) is 0 Å². The Morgan fingerprint density at radius 1 is 1.20 bits per heavy atom. The van der Waals surface area contributed by atoms with Gasteiger partial charge < -0.3 is 15.5 Å². The first-order valence-corrected chi connectivity index (χ1v) is 6.65. The van der Waals surface area contributed by atoms with Crippen LogP contribution in [0.25, 0.3) is 0 Å². The largest absolute Gasteiger partial charge is 0.361 e. The number of ketones is 1. The number of nitrogens with zero attached hydrogens (tertiary/aromatic N) is 1. The number of Topliss-reactive ketones (excluding diaryl/α,β-unsaturated/α-hetero) is 1. The van der Waals surface area contributed by atoms with Crippen LogP contribution in [-0.4, -0.2) is 37.2 Å². The Labute approximate surface area is 120 Å². The third-order valence-corrected chi connectivity index (χ3v) is 3.69. The number of carbonyl (C=O) groups is 3. The lowest BCUT2D eigenvalue weighted by Gasteiger charge is -2.23. The fourth-order valence-electron chi connectivity index (χ4n) is 2.41. The summed E-state index contributed by atoms with van der Waals surface area (Å²) in [4.78, 5) is 36.4. The lowest BCUT2D eigenvalue weighted by molar-refractivity contribution is -0.119. The average Bonchev–Trinajstić information content (AvgIpc) is 2.59. The van der Waals surface area contributed by atoms with Gasteiger partial charge in [0.05, 0.1) is 28.5 Å². The number of nitrogens with one attached hydrogen (secondary N) is 2. The number of amides is 2. The zero-order valence-electron chi connectivity index (χ0n) is 10.5. The number of rotatable bonds is 1. The van der Waals surface area contributed by atoms with Gasteiger partial charge in [-0.25, -0.2) is 0 Å². The van der Waals surface area contributed by atoms with Crippen LogP contribution in [0.15, 0.2) is 12.1 Å². The molecule has 2 aliphatic heterocycles. The van der Waals surface area contributed by atoms with Crippen LogP contribution in [0.2, 0.25) is 5.02 Å². The van der Waals surface area contributed by atoms with Crippen LogP contribution in [0.1, 0.15) is 16.8 Å². The summed E-state index contributed by atoms with van der Waals surface area (Å²) in [6.45, 7) is 1.52. The minimum absolute atomic E-state index is 0.0702. The lowest BCUT2D eigenvalue weighted by atomic mass is 10.1. The summed E-state index contributed by atoms with van der Waals surface area (Å²) in [6.07, 6.45) is 0.810. The quantitative estimate of drug-likeness (QED) is 0.751. The molecule has 0 aromatic heterocycles. The Bertz CT molecular complexity index is 630. The molecule has 3 rings (SSSR count). The summed E-state index contributed by atoms with van der Waals surface area (Å²) in [5.74, 6) is -1.30. The molecule has 1 aromatic carbocycles. The first kappa shape index (κ1) is 12.9. The summed E-state index contributed by atoms with van der Waals surface area (Å²) < 4.78 is 0. The minimum Gasteiger partial charge on any atom is -0.361 e. The van der Waals surface area contributed by atoms with Crippen molar-refractivity contribution < 1.29 is 14.4 Å². The molecule has 0 spiro atoms. The predicted octanol–water partition coefficient (Wildman–Crippen LogP) is 0.801. The number of halogens is 1. The van der Waals surface area contributed by atoms with Crippen molar-refractivity contribution >= 4 is 40.6 Å². The van der Waals surface area contributed by atoms with Crippen molar-refractivity contribution in [2.24, 2.45) is 0 Å². The molecule has 0 radical (unpaired) electrons. The Hall–Kier alpha value is -2.08. The lowest BCUT2D eigenvalue weighted by Crippen LogP contribution is -2.33. The molecule has 0 bridgehead atoms. The second kappa shape index (κ2) is 4.79. The number of fused-ring (bicyclic) bond motifs is 1. The van der Waals surface area contributed by atoms with Crippen molar-refractivity contribution in [3.05, 3.63) is 22.7 Å². The van der Waals surface area contributed by atoms with Gasteiger partial charge in [0.15, 0.2) is 0 Å². The standard InChI is InChI=1S/C13H12ClN3O3/c14-8-4-7-9(16-13(20)12(7)19)5-10(8)17-3-1-2-15-11(18)6-17/h4-5H,1-3,6H2,(H,15,18)(H,16,19,20). The highest BCUT2D eigenvalue weighted by Gasteiger charge is 2.30. The van der Waals surface area contributed by atoms with Crippen LogP contribution < -0.4 is 15.5 Å². The number of hydrogen-bond acceptors (Lipinski definition) is 4. The van der Waals surface area contributed by atoms with Crippen LogP contribution in [0.3, 0.4) is 0 Å². The maximum atomic E-state index is 11.6. The maximum absolute atomic E-state index is 11.6. The third-order valence-electron chi connectivity index (χ3n) is 3.39. The summed E-state index contributed by atoms with van der Waals surface area (Å²) in [7, 11) is 0. The van der Waals surface area contributed by atoms with E-state index < -0.39 is 11.7 Å². The highest BCUT2D eigenvalue weighted by Crippen LogP contribution is 2.35. The van der Waals surface area contributed by atoms with E-state index in [0.29, 0.717) is 29.5 Å². The van der Waals surface area contributed by atoms with Gasteiger partial charge >= 0.3 is 0 Å². The molecule has 2 aliphatic rings. The van der Waals surface area contributed by atoms with Gasteiger partial charge in [-0.05, 0) is 18.6 Å². The number of hydrogen-bond donors (Lipinski definition) is 2. The van der Waals surface area contributed by atoms with Gasteiger partial charge in [-0.3, -0.25) is 14.4 Å². The smallest absolute Gasteiger partial charge is 0.296 e. The third kappa shape index (κ3) is 2.12. The number of anilines is 2. The van der Waals surface area contributed by atoms with Crippen molar-refractivity contribution in [3.63, 3.8) is 0 Å². The van der Waals surface area contributed by atoms with Gasteiger partial charge in [0.2, 0.25) is 5.91 Å². The van der Waals surface area contributed by atoms with E-state index in [2.05, 4.69) is 10.6 Å². The van der Waals surface area contributed by atoms with Crippen molar-refractivity contribution in [3.8, 4) is 0 Å². The van der Waals surface area contributed by atoms with Crippen molar-refractivity contribution in [1.29, 1.82) is 0 Å². The molecule has 1 fully saturated rings. The molecule has 1 saturated heterocycles. The molecular formula is C13H12ClN3O3. The topological polar surface area (TPSA) is 78.5 Å². The molecule has 2 amide bonds. The maximum Gasteiger partial charge on any atom is 0.296 e. The molecule has 0 unspecified atom stereocenters. The Balaban J connectivity index is 1.99. The minimum atomic E-state index is -0.651. The second-order valence-corrected chi connectivity index (χ2v) is 5.16. The Morgan fingerprint density at radius 2 is 2.00 bits per heavy atom. The monoisotopic (exact) mass is 293 g/mol. The zero-order chi connectivity index (χ0) is 14.3. The molecule has 0 aliphatic carbocycles. The van der Waals surface area contributed by atoms with E-state index in [1.807, 2.05) is 4.90 Å². The van der Waals surface area contributed by atoms with E-state index >= 15 is 0 Å². The highest BCUT2D eigenvalue weighted by atomic mass is 35.5. The van der Waals surface area contributed by atoms with Gasteiger partial charge in [-0.1, -0.05) is 11.6 Å². The molecule has 0 saturated carbocycles. The van der Waals surface area contributed by atoms with Gasteiger partial charge in [0.25, 0.3) is 11.7 Å². The van der Waals surface area contributed by atoms with E-state index in [1.54, 1.807) is 6.07 Å². The van der Waals surface area contributed by atoms with E-state index in [-0.39, 0.29) is 18.0 Å². The van der Waals surface area contributed by atoms with E-state index in [1.165, 1.54) is 6.07 Å². The summed E-state index contributed by atoms with van der Waals surface area (Å²) >= 11 is 6.19. The van der Waals surface area contributed by atoms with Gasteiger partial charge in [-0.15, -0.1) is 0 Å². The number of benzene rings is 1. The summed E-state index contributed by atoms with van der Waals surface area (Å²) in [6, 6.07) is 3.13. The molecule has 7 heteroatoms. The Morgan fingerprint density at radius 3 is 2.80 bits per heavy atom. The fourth-order valence-corrected chi connectivity index (χ4v) is 2.69. The molecule has 1 aromatic rings. The van der Waals surface area contributed by atoms with Crippen molar-refractivity contribution in [2.75, 3.05) is 29.9 Å². The summed E-state index contributed by atoms with van der Waals surface area (Å²) in [5, 5.41) is 5.65.